The number of hydrogen-bond acceptors (Lipinski definition) is 5. The van der Waals surface area contributed by atoms with Gasteiger partial charge in [-0.3, -0.25) is 15.0 Å². The van der Waals surface area contributed by atoms with E-state index in [0.717, 1.165) is 25.7 Å². The van der Waals surface area contributed by atoms with Crippen LogP contribution in [-0.4, -0.2) is 85.2 Å². The van der Waals surface area contributed by atoms with Crippen molar-refractivity contribution in [1.29, 1.82) is 0 Å². The van der Waals surface area contributed by atoms with Crippen molar-refractivity contribution in [3.05, 3.63) is 0 Å². The summed E-state index contributed by atoms with van der Waals surface area (Å²) in [5, 5.41) is 4.99. The first kappa shape index (κ1) is 22.1. The predicted octanol–water partition coefficient (Wildman–Crippen LogP) is 0.349. The lowest BCUT2D eigenvalue weighted by Gasteiger charge is -2.36. The van der Waals surface area contributed by atoms with Crippen LogP contribution in [0.5, 0.6) is 0 Å². The lowest BCUT2D eigenvalue weighted by atomic mass is 10.1. The average Bonchev–Trinajstić information content (AvgIpc) is 2.83. The first-order chi connectivity index (χ1) is 12.6. The zero-order valence-electron chi connectivity index (χ0n) is 16.7. The molecule has 2 fully saturated rings. The molecule has 2 aliphatic heterocycles. The predicted molar refractivity (Wildman–Crippen MR) is 103 cm³/mol. The number of hydrogen-bond donors (Lipinski definition) is 2. The van der Waals surface area contributed by atoms with E-state index < -0.39 is 21.8 Å². The van der Waals surface area contributed by atoms with Crippen LogP contribution in [0.15, 0.2) is 0 Å². The highest BCUT2D eigenvalue weighted by molar-refractivity contribution is 7.86. The number of carbonyl (C=O) groups excluding carboxylic acids is 2. The third-order valence-electron chi connectivity index (χ3n) is 4.66. The molecular formula is C17H33N5O4S. The smallest absolute Gasteiger partial charge is 0.321 e. The van der Waals surface area contributed by atoms with Gasteiger partial charge in [-0.05, 0) is 33.6 Å². The molecular weight excluding hydrogens is 370 g/mol. The van der Waals surface area contributed by atoms with E-state index >= 15 is 0 Å². The summed E-state index contributed by atoms with van der Waals surface area (Å²) in [4.78, 5) is 25.6. The summed E-state index contributed by atoms with van der Waals surface area (Å²) < 4.78 is 28.7. The molecule has 9 nitrogen and oxygen atoms in total. The monoisotopic (exact) mass is 403 g/mol. The van der Waals surface area contributed by atoms with E-state index in [4.69, 9.17) is 0 Å². The highest BCUT2D eigenvalue weighted by Crippen LogP contribution is 2.17. The van der Waals surface area contributed by atoms with Crippen molar-refractivity contribution >= 4 is 22.1 Å². The van der Waals surface area contributed by atoms with E-state index in [1.807, 2.05) is 25.7 Å². The Balaban J connectivity index is 1.79. The molecule has 0 radical (unpaired) electrons. The Morgan fingerprint density at radius 1 is 0.852 bits per heavy atom. The number of nitrogens with one attached hydrogen (secondary N) is 2. The molecule has 2 N–H and O–H groups in total. The minimum atomic E-state index is -3.42. The standard InChI is InChI=1S/C17H33N5O4S/c1-17(2,3)19-16(24)18-15(23)14-20-10-12-22(13-11-20)27(25,26)21-8-6-4-5-7-9-21/h4-14H2,1-3H3,(H2,18,19,23,24). The molecule has 2 aliphatic rings. The van der Waals surface area contributed by atoms with E-state index in [1.165, 1.54) is 4.31 Å². The third-order valence-corrected chi connectivity index (χ3v) is 6.69. The van der Waals surface area contributed by atoms with Crippen molar-refractivity contribution in [3.8, 4) is 0 Å². The van der Waals surface area contributed by atoms with Gasteiger partial charge in [0.15, 0.2) is 0 Å². The van der Waals surface area contributed by atoms with Crippen LogP contribution < -0.4 is 10.6 Å². The number of imide groups is 1. The highest BCUT2D eigenvalue weighted by Gasteiger charge is 2.33. The van der Waals surface area contributed by atoms with Crippen LogP contribution in [0.1, 0.15) is 46.5 Å². The summed E-state index contributed by atoms with van der Waals surface area (Å²) in [5.74, 6) is -0.388. The lowest BCUT2D eigenvalue weighted by Crippen LogP contribution is -2.55. The van der Waals surface area contributed by atoms with Gasteiger partial charge in [-0.2, -0.15) is 17.0 Å². The van der Waals surface area contributed by atoms with Gasteiger partial charge in [0.1, 0.15) is 0 Å². The van der Waals surface area contributed by atoms with Gasteiger partial charge in [-0.25, -0.2) is 4.79 Å². The number of urea groups is 1. The molecule has 0 saturated carbocycles. The van der Waals surface area contributed by atoms with Gasteiger partial charge in [-0.1, -0.05) is 12.8 Å². The number of rotatable bonds is 4. The number of piperazine rings is 1. The molecule has 2 rings (SSSR count). The number of amides is 3. The molecule has 3 amide bonds. The van der Waals surface area contributed by atoms with Crippen LogP contribution in [0.2, 0.25) is 0 Å². The largest absolute Gasteiger partial charge is 0.333 e. The van der Waals surface area contributed by atoms with Gasteiger partial charge < -0.3 is 5.32 Å². The number of nitrogens with zero attached hydrogens (tertiary/aromatic N) is 3. The Kier molecular flexibility index (Phi) is 7.61. The van der Waals surface area contributed by atoms with E-state index in [9.17, 15) is 18.0 Å². The fourth-order valence-electron chi connectivity index (χ4n) is 3.30. The van der Waals surface area contributed by atoms with Crippen molar-refractivity contribution in [2.75, 3.05) is 45.8 Å². The van der Waals surface area contributed by atoms with Crippen LogP contribution >= 0.6 is 0 Å². The first-order valence-electron chi connectivity index (χ1n) is 9.67. The molecule has 10 heteroatoms. The fourth-order valence-corrected chi connectivity index (χ4v) is 4.97. The molecule has 0 unspecified atom stereocenters. The van der Waals surface area contributed by atoms with Crippen LogP contribution in [0, 0.1) is 0 Å². The molecule has 27 heavy (non-hydrogen) atoms. The van der Waals surface area contributed by atoms with Crippen molar-refractivity contribution in [2.45, 2.75) is 52.0 Å². The molecule has 2 heterocycles. The Bertz CT molecular complexity index is 616. The van der Waals surface area contributed by atoms with E-state index in [2.05, 4.69) is 10.6 Å². The SMILES string of the molecule is CC(C)(C)NC(=O)NC(=O)CN1CCN(S(=O)(=O)N2CCCCCC2)CC1. The van der Waals surface area contributed by atoms with Gasteiger partial charge in [0, 0.05) is 44.8 Å². The average molecular weight is 404 g/mol. The van der Waals surface area contributed by atoms with E-state index in [-0.39, 0.29) is 12.5 Å². The molecule has 0 atom stereocenters. The molecule has 0 bridgehead atoms. The maximum absolute atomic E-state index is 12.8. The minimum absolute atomic E-state index is 0.0785. The lowest BCUT2D eigenvalue weighted by molar-refractivity contribution is -0.121. The fraction of sp³-hybridized carbons (Fsp3) is 0.882. The molecule has 156 valence electrons. The normalized spacial score (nSPS) is 21.4. The van der Waals surface area contributed by atoms with Crippen LogP contribution in [0.25, 0.3) is 0 Å². The maximum atomic E-state index is 12.8. The van der Waals surface area contributed by atoms with Gasteiger partial charge in [-0.15, -0.1) is 0 Å². The van der Waals surface area contributed by atoms with Crippen molar-refractivity contribution in [3.63, 3.8) is 0 Å². The quantitative estimate of drug-likeness (QED) is 0.705. The molecule has 0 aliphatic carbocycles. The second-order valence-electron chi connectivity index (χ2n) is 8.25. The first-order valence-corrected chi connectivity index (χ1v) is 11.1. The second-order valence-corrected chi connectivity index (χ2v) is 10.2. The van der Waals surface area contributed by atoms with E-state index in [0.29, 0.717) is 39.3 Å². The Labute approximate surface area is 162 Å². The number of carbonyl (C=O) groups is 2. The van der Waals surface area contributed by atoms with Crippen molar-refractivity contribution < 1.29 is 18.0 Å². The maximum Gasteiger partial charge on any atom is 0.321 e. The summed E-state index contributed by atoms with van der Waals surface area (Å²) in [5.41, 5.74) is -0.419. The topological polar surface area (TPSA) is 102 Å². The van der Waals surface area contributed by atoms with Gasteiger partial charge in [0.25, 0.3) is 10.2 Å². The van der Waals surface area contributed by atoms with Crippen molar-refractivity contribution in [2.24, 2.45) is 0 Å². The zero-order valence-corrected chi connectivity index (χ0v) is 17.5. The Morgan fingerprint density at radius 3 is 1.89 bits per heavy atom. The summed E-state index contributed by atoms with van der Waals surface area (Å²) in [6.45, 7) is 8.43. The highest BCUT2D eigenvalue weighted by atomic mass is 32.2. The minimum Gasteiger partial charge on any atom is -0.333 e. The van der Waals surface area contributed by atoms with Gasteiger partial charge in [0.2, 0.25) is 5.91 Å². The van der Waals surface area contributed by atoms with E-state index in [1.54, 1.807) is 4.31 Å². The third kappa shape index (κ3) is 7.02. The molecule has 0 spiro atoms. The van der Waals surface area contributed by atoms with Crippen molar-refractivity contribution in [1.82, 2.24) is 24.1 Å². The molecule has 0 aromatic rings. The Hall–Kier alpha value is -1.23. The van der Waals surface area contributed by atoms with Crippen LogP contribution in [-0.2, 0) is 15.0 Å². The summed E-state index contributed by atoms with van der Waals surface area (Å²) in [6.07, 6.45) is 3.99. The molecule has 2 saturated heterocycles. The van der Waals surface area contributed by atoms with Crippen LogP contribution in [0.3, 0.4) is 0 Å². The second kappa shape index (κ2) is 9.31. The summed E-state index contributed by atoms with van der Waals surface area (Å²) >= 11 is 0. The zero-order chi connectivity index (χ0) is 20.1. The molecule has 0 aromatic heterocycles. The summed E-state index contributed by atoms with van der Waals surface area (Å²) in [7, 11) is -3.42. The van der Waals surface area contributed by atoms with Gasteiger partial charge in [0.05, 0.1) is 6.54 Å². The van der Waals surface area contributed by atoms with Gasteiger partial charge >= 0.3 is 6.03 Å². The molecule has 0 aromatic carbocycles. The Morgan fingerprint density at radius 2 is 1.37 bits per heavy atom. The summed E-state index contributed by atoms with van der Waals surface area (Å²) in [6, 6.07) is -0.519. The van der Waals surface area contributed by atoms with Crippen LogP contribution in [0.4, 0.5) is 4.79 Å².